The zero-order chi connectivity index (χ0) is 10.1. The molecular weight excluding hydrogens is 209 g/mol. The van der Waals surface area contributed by atoms with Crippen molar-refractivity contribution in [2.75, 3.05) is 7.05 Å². The van der Waals surface area contributed by atoms with Gasteiger partial charge in [-0.05, 0) is 38.1 Å². The standard InChI is InChI=1S/C9H13NO2S.Na/c1-7-4-5-8(2)9(6-7)13(11,12)10-3;/h4-6,10H,1-3H3;. The van der Waals surface area contributed by atoms with Crippen LogP contribution in [0.3, 0.4) is 0 Å². The molecule has 0 bridgehead atoms. The molecule has 5 heteroatoms. The third kappa shape index (κ3) is 3.07. The number of aryl methyl sites for hydroxylation is 2. The minimum Gasteiger partial charge on any atom is -0.214 e. The van der Waals surface area contributed by atoms with Crippen LogP contribution in [-0.2, 0) is 10.0 Å². The van der Waals surface area contributed by atoms with Gasteiger partial charge in [0.1, 0.15) is 0 Å². The summed E-state index contributed by atoms with van der Waals surface area (Å²) in [6.07, 6.45) is 0. The first kappa shape index (κ1) is 14.1. The third-order valence-electron chi connectivity index (χ3n) is 1.90. The van der Waals surface area contributed by atoms with Crippen LogP contribution < -0.4 is 4.72 Å². The van der Waals surface area contributed by atoms with Crippen molar-refractivity contribution in [2.45, 2.75) is 18.7 Å². The molecule has 14 heavy (non-hydrogen) atoms. The van der Waals surface area contributed by atoms with Gasteiger partial charge in [0.2, 0.25) is 10.0 Å². The maximum Gasteiger partial charge on any atom is 0.240 e. The summed E-state index contributed by atoms with van der Waals surface area (Å²) in [5.41, 5.74) is 1.71. The molecule has 0 aliphatic carbocycles. The van der Waals surface area contributed by atoms with Crippen molar-refractivity contribution in [2.24, 2.45) is 0 Å². The van der Waals surface area contributed by atoms with Crippen molar-refractivity contribution in [3.05, 3.63) is 29.3 Å². The van der Waals surface area contributed by atoms with Gasteiger partial charge in [-0.2, -0.15) is 0 Å². The molecule has 0 atom stereocenters. The van der Waals surface area contributed by atoms with Crippen LogP contribution in [0.2, 0.25) is 0 Å². The van der Waals surface area contributed by atoms with Gasteiger partial charge in [0.05, 0.1) is 4.90 Å². The zero-order valence-electron chi connectivity index (χ0n) is 8.96. The molecule has 73 valence electrons. The molecule has 0 fully saturated rings. The summed E-state index contributed by atoms with van der Waals surface area (Å²) < 4.78 is 25.2. The summed E-state index contributed by atoms with van der Waals surface area (Å²) in [6.45, 7) is 3.65. The van der Waals surface area contributed by atoms with Gasteiger partial charge in [-0.1, -0.05) is 12.1 Å². The number of nitrogens with one attached hydrogen (secondary N) is 1. The van der Waals surface area contributed by atoms with E-state index in [1.54, 1.807) is 19.1 Å². The number of sulfonamides is 1. The Bertz CT molecular complexity index is 415. The van der Waals surface area contributed by atoms with E-state index in [1.165, 1.54) is 7.05 Å². The van der Waals surface area contributed by atoms with E-state index in [4.69, 9.17) is 0 Å². The predicted octanol–water partition coefficient (Wildman–Crippen LogP) is 0.831. The second-order valence-electron chi connectivity index (χ2n) is 2.98. The SMILES string of the molecule is CNS(=O)(=O)c1cc(C)ccc1C.[Na]. The van der Waals surface area contributed by atoms with Crippen LogP contribution >= 0.6 is 0 Å². The van der Waals surface area contributed by atoms with Gasteiger partial charge in [0, 0.05) is 29.6 Å². The van der Waals surface area contributed by atoms with Crippen molar-refractivity contribution in [3.63, 3.8) is 0 Å². The topological polar surface area (TPSA) is 46.2 Å². The van der Waals surface area contributed by atoms with E-state index in [2.05, 4.69) is 4.72 Å². The fraction of sp³-hybridized carbons (Fsp3) is 0.333. The summed E-state index contributed by atoms with van der Waals surface area (Å²) in [7, 11) is -1.89. The molecule has 0 saturated carbocycles. The fourth-order valence-electron chi connectivity index (χ4n) is 1.11. The first-order valence-corrected chi connectivity index (χ1v) is 5.46. The molecule has 1 rings (SSSR count). The molecule has 0 unspecified atom stereocenters. The molecule has 0 aliphatic heterocycles. The Hall–Kier alpha value is 0.130. The van der Waals surface area contributed by atoms with Gasteiger partial charge in [-0.15, -0.1) is 0 Å². The molecule has 0 spiro atoms. The Labute approximate surface area is 107 Å². The number of benzene rings is 1. The summed E-state index contributed by atoms with van der Waals surface area (Å²) in [4.78, 5) is 0.356. The Morgan fingerprint density at radius 1 is 1.21 bits per heavy atom. The normalized spacial score (nSPS) is 10.8. The smallest absolute Gasteiger partial charge is 0.214 e. The van der Waals surface area contributed by atoms with Crippen LogP contribution in [0.4, 0.5) is 0 Å². The molecule has 1 radical (unpaired) electrons. The van der Waals surface area contributed by atoms with Gasteiger partial charge < -0.3 is 0 Å². The first-order valence-electron chi connectivity index (χ1n) is 3.98. The fourth-order valence-corrected chi connectivity index (χ4v) is 2.16. The summed E-state index contributed by atoms with van der Waals surface area (Å²) >= 11 is 0. The quantitative estimate of drug-likeness (QED) is 0.753. The summed E-state index contributed by atoms with van der Waals surface area (Å²) in [5, 5.41) is 0. The number of rotatable bonds is 2. The first-order chi connectivity index (χ1) is 5.97. The molecule has 0 aromatic heterocycles. The molecule has 1 aromatic carbocycles. The Morgan fingerprint density at radius 2 is 1.79 bits per heavy atom. The Morgan fingerprint density at radius 3 is 2.29 bits per heavy atom. The monoisotopic (exact) mass is 222 g/mol. The summed E-state index contributed by atoms with van der Waals surface area (Å²) in [6, 6.07) is 5.37. The molecule has 0 heterocycles. The molecular formula is C9H13NNaO2S. The van der Waals surface area contributed by atoms with Crippen LogP contribution in [0.25, 0.3) is 0 Å². The van der Waals surface area contributed by atoms with Gasteiger partial charge in [-0.25, -0.2) is 13.1 Å². The molecule has 1 aromatic rings. The Balaban J connectivity index is 0.00000169. The molecule has 0 amide bonds. The molecule has 1 N–H and O–H groups in total. The van der Waals surface area contributed by atoms with Crippen LogP contribution in [0.5, 0.6) is 0 Å². The average molecular weight is 222 g/mol. The predicted molar refractivity (Wildman–Crippen MR) is 57.9 cm³/mol. The van der Waals surface area contributed by atoms with E-state index in [1.807, 2.05) is 13.0 Å². The Kier molecular flexibility index (Phi) is 5.33. The third-order valence-corrected chi connectivity index (χ3v) is 3.46. The summed E-state index contributed by atoms with van der Waals surface area (Å²) in [5.74, 6) is 0. The van der Waals surface area contributed by atoms with E-state index in [9.17, 15) is 8.42 Å². The number of hydrogen-bond acceptors (Lipinski definition) is 2. The largest absolute Gasteiger partial charge is 0.240 e. The van der Waals surface area contributed by atoms with Gasteiger partial charge in [0.15, 0.2) is 0 Å². The maximum atomic E-state index is 11.5. The van der Waals surface area contributed by atoms with Crippen LogP contribution in [-0.4, -0.2) is 45.0 Å². The second kappa shape index (κ2) is 5.28. The van der Waals surface area contributed by atoms with Crippen LogP contribution in [0.1, 0.15) is 11.1 Å². The molecule has 0 aliphatic rings. The van der Waals surface area contributed by atoms with Crippen molar-refractivity contribution in [3.8, 4) is 0 Å². The van der Waals surface area contributed by atoms with Crippen molar-refractivity contribution in [1.29, 1.82) is 0 Å². The zero-order valence-corrected chi connectivity index (χ0v) is 11.8. The van der Waals surface area contributed by atoms with E-state index in [0.717, 1.165) is 11.1 Å². The van der Waals surface area contributed by atoms with Gasteiger partial charge in [-0.3, -0.25) is 0 Å². The second-order valence-corrected chi connectivity index (χ2v) is 4.83. The van der Waals surface area contributed by atoms with E-state index in [-0.39, 0.29) is 29.6 Å². The minimum absolute atomic E-state index is 0. The van der Waals surface area contributed by atoms with Crippen molar-refractivity contribution >= 4 is 39.6 Å². The average Bonchev–Trinajstić information content (AvgIpc) is 2.09. The maximum absolute atomic E-state index is 11.5. The van der Waals surface area contributed by atoms with Gasteiger partial charge in [0.25, 0.3) is 0 Å². The van der Waals surface area contributed by atoms with Crippen molar-refractivity contribution in [1.82, 2.24) is 4.72 Å². The van der Waals surface area contributed by atoms with E-state index >= 15 is 0 Å². The molecule has 0 saturated heterocycles. The van der Waals surface area contributed by atoms with Gasteiger partial charge >= 0.3 is 0 Å². The van der Waals surface area contributed by atoms with Crippen LogP contribution in [0, 0.1) is 13.8 Å². The van der Waals surface area contributed by atoms with Crippen LogP contribution in [0.15, 0.2) is 23.1 Å². The van der Waals surface area contributed by atoms with Crippen molar-refractivity contribution < 1.29 is 8.42 Å². The van der Waals surface area contributed by atoms with E-state index < -0.39 is 10.0 Å². The number of hydrogen-bond donors (Lipinski definition) is 1. The minimum atomic E-state index is -3.30. The van der Waals surface area contributed by atoms with E-state index in [0.29, 0.717) is 4.90 Å². The molecule has 3 nitrogen and oxygen atoms in total.